The summed E-state index contributed by atoms with van der Waals surface area (Å²) in [6.07, 6.45) is 2.59. The number of nitrogens with zero attached hydrogens (tertiary/aromatic N) is 5. The minimum Gasteiger partial charge on any atom is -0.475 e. The number of carbonyl (C=O) groups is 2. The fourth-order valence-corrected chi connectivity index (χ4v) is 4.73. The second kappa shape index (κ2) is 10.1. The maximum atomic E-state index is 12.8. The number of carboxylic acid groups (broad SMARTS) is 1. The molecule has 5 rings (SSSR count). The van der Waals surface area contributed by atoms with E-state index in [1.54, 1.807) is 0 Å². The van der Waals surface area contributed by atoms with Crippen LogP contribution >= 0.6 is 0 Å². The molecule has 1 spiro atoms. The van der Waals surface area contributed by atoms with E-state index in [0.29, 0.717) is 0 Å². The number of fused-ring (bicyclic) bond motifs is 2. The third-order valence-electron chi connectivity index (χ3n) is 6.54. The first-order valence-corrected chi connectivity index (χ1v) is 11.4. The van der Waals surface area contributed by atoms with Crippen LogP contribution in [0.15, 0.2) is 61.1 Å². The lowest BCUT2D eigenvalue weighted by atomic mass is 9.72. The van der Waals surface area contributed by atoms with E-state index in [1.165, 1.54) is 5.56 Å². The summed E-state index contributed by atoms with van der Waals surface area (Å²) in [6.45, 7) is 3.65. The van der Waals surface area contributed by atoms with Crippen molar-refractivity contribution in [2.24, 2.45) is 0 Å². The minimum absolute atomic E-state index is 0.0660. The summed E-state index contributed by atoms with van der Waals surface area (Å²) < 4.78 is 33.6. The van der Waals surface area contributed by atoms with Gasteiger partial charge in [0, 0.05) is 44.1 Å². The summed E-state index contributed by atoms with van der Waals surface area (Å²) in [6, 6.07) is 14.2. The molecule has 36 heavy (non-hydrogen) atoms. The van der Waals surface area contributed by atoms with Crippen LogP contribution in [0.3, 0.4) is 0 Å². The SMILES string of the molecule is CN1CC2(CCN(Cc3cccnc3)CC2)c2nn(-c3ccccc3)cc2C1=O.O=C(O)C(F)(F)F. The smallest absolute Gasteiger partial charge is 0.475 e. The molecular formula is C25H26F3N5O3. The molecule has 0 saturated carbocycles. The van der Waals surface area contributed by atoms with Crippen molar-refractivity contribution >= 4 is 11.9 Å². The number of benzene rings is 1. The number of piperidine rings is 1. The van der Waals surface area contributed by atoms with Crippen molar-refractivity contribution in [1.82, 2.24) is 24.6 Å². The third kappa shape index (κ3) is 5.40. The lowest BCUT2D eigenvalue weighted by Crippen LogP contribution is -2.53. The van der Waals surface area contributed by atoms with Gasteiger partial charge in [0.05, 0.1) is 16.9 Å². The molecular weight excluding hydrogens is 475 g/mol. The van der Waals surface area contributed by atoms with Gasteiger partial charge in [-0.2, -0.15) is 18.3 Å². The molecule has 2 aliphatic heterocycles. The quantitative estimate of drug-likeness (QED) is 0.591. The Morgan fingerprint density at radius 3 is 2.36 bits per heavy atom. The summed E-state index contributed by atoms with van der Waals surface area (Å²) in [7, 11) is 1.91. The molecule has 11 heteroatoms. The highest BCUT2D eigenvalue weighted by atomic mass is 19.4. The molecule has 1 amide bonds. The lowest BCUT2D eigenvalue weighted by molar-refractivity contribution is -0.192. The number of likely N-dealkylation sites (tertiary alicyclic amines) is 1. The van der Waals surface area contributed by atoms with Crippen molar-refractivity contribution in [3.05, 3.63) is 77.9 Å². The number of hydrogen-bond acceptors (Lipinski definition) is 5. The van der Waals surface area contributed by atoms with Gasteiger partial charge in [0.1, 0.15) is 0 Å². The molecule has 3 aromatic rings. The highest BCUT2D eigenvalue weighted by Crippen LogP contribution is 2.41. The van der Waals surface area contributed by atoms with Crippen LogP contribution in [0.2, 0.25) is 0 Å². The molecule has 8 nitrogen and oxygen atoms in total. The van der Waals surface area contributed by atoms with Crippen molar-refractivity contribution in [2.45, 2.75) is 31.0 Å². The van der Waals surface area contributed by atoms with E-state index >= 15 is 0 Å². The van der Waals surface area contributed by atoms with Gasteiger partial charge in [0.2, 0.25) is 0 Å². The Morgan fingerprint density at radius 2 is 1.78 bits per heavy atom. The number of pyridine rings is 1. The number of hydrogen-bond donors (Lipinski definition) is 1. The normalized spacial score (nSPS) is 17.3. The third-order valence-corrected chi connectivity index (χ3v) is 6.54. The molecule has 0 bridgehead atoms. The van der Waals surface area contributed by atoms with Gasteiger partial charge < -0.3 is 10.0 Å². The van der Waals surface area contributed by atoms with Gasteiger partial charge in [0.15, 0.2) is 0 Å². The lowest BCUT2D eigenvalue weighted by Gasteiger charge is -2.45. The first kappa shape index (κ1) is 25.4. The molecule has 0 radical (unpaired) electrons. The molecule has 190 valence electrons. The number of rotatable bonds is 3. The van der Waals surface area contributed by atoms with Crippen molar-refractivity contribution in [3.63, 3.8) is 0 Å². The van der Waals surface area contributed by atoms with Crippen molar-refractivity contribution in [3.8, 4) is 5.69 Å². The summed E-state index contributed by atoms with van der Waals surface area (Å²) in [5, 5.41) is 12.1. The molecule has 1 fully saturated rings. The minimum atomic E-state index is -5.08. The molecule has 2 aliphatic rings. The largest absolute Gasteiger partial charge is 0.490 e. The molecule has 1 saturated heterocycles. The number of amides is 1. The monoisotopic (exact) mass is 501 g/mol. The molecule has 1 N–H and O–H groups in total. The van der Waals surface area contributed by atoms with Crippen LogP contribution in [0.1, 0.15) is 34.5 Å². The second-order valence-electron chi connectivity index (χ2n) is 9.05. The van der Waals surface area contributed by atoms with Crippen LogP contribution < -0.4 is 0 Å². The Labute approximate surface area is 206 Å². The zero-order valence-corrected chi connectivity index (χ0v) is 19.6. The average Bonchev–Trinajstić information content (AvgIpc) is 3.32. The van der Waals surface area contributed by atoms with E-state index in [4.69, 9.17) is 15.0 Å². The highest BCUT2D eigenvalue weighted by molar-refractivity contribution is 5.96. The first-order valence-electron chi connectivity index (χ1n) is 11.4. The van der Waals surface area contributed by atoms with Crippen molar-refractivity contribution < 1.29 is 27.9 Å². The van der Waals surface area contributed by atoms with E-state index < -0.39 is 12.1 Å². The summed E-state index contributed by atoms with van der Waals surface area (Å²) in [5.74, 6) is -2.68. The average molecular weight is 502 g/mol. The van der Waals surface area contributed by atoms with Crippen LogP contribution in [0.25, 0.3) is 5.69 Å². The van der Waals surface area contributed by atoms with Crippen LogP contribution in [-0.4, -0.2) is 74.4 Å². The summed E-state index contributed by atoms with van der Waals surface area (Å²) in [5.41, 5.74) is 3.90. The van der Waals surface area contributed by atoms with E-state index in [-0.39, 0.29) is 11.3 Å². The van der Waals surface area contributed by atoms with E-state index in [2.05, 4.69) is 16.0 Å². The standard InChI is InChI=1S/C23H25N5O.C2HF3O2/c1-26-17-23(9-12-27(13-10-23)15-18-6-5-11-24-14-18)21-20(22(26)29)16-28(25-21)19-7-3-2-4-8-19;3-2(4,5)1(6)7/h2-8,11,14,16H,9-10,12-13,15,17H2,1H3;(H,6,7). The van der Waals surface area contributed by atoms with E-state index in [0.717, 1.165) is 56.0 Å². The Kier molecular flexibility index (Phi) is 7.11. The number of carboxylic acids is 1. The van der Waals surface area contributed by atoms with Crippen LogP contribution in [0.5, 0.6) is 0 Å². The van der Waals surface area contributed by atoms with Crippen molar-refractivity contribution in [2.75, 3.05) is 26.7 Å². The zero-order chi connectivity index (χ0) is 25.9. The van der Waals surface area contributed by atoms with Gasteiger partial charge in [-0.3, -0.25) is 14.7 Å². The van der Waals surface area contributed by atoms with Crippen LogP contribution in [0.4, 0.5) is 13.2 Å². The molecule has 2 aromatic heterocycles. The zero-order valence-electron chi connectivity index (χ0n) is 19.6. The fraction of sp³-hybridized carbons (Fsp3) is 0.360. The number of alkyl halides is 3. The number of aliphatic carboxylic acids is 1. The number of para-hydroxylation sites is 1. The van der Waals surface area contributed by atoms with Gasteiger partial charge in [-0.25, -0.2) is 9.48 Å². The molecule has 0 atom stereocenters. The first-order chi connectivity index (χ1) is 17.1. The maximum absolute atomic E-state index is 12.8. The predicted molar refractivity (Wildman–Crippen MR) is 125 cm³/mol. The Bertz CT molecular complexity index is 1210. The topological polar surface area (TPSA) is 91.6 Å². The Morgan fingerprint density at radius 1 is 1.11 bits per heavy atom. The summed E-state index contributed by atoms with van der Waals surface area (Å²) in [4.78, 5) is 30.3. The summed E-state index contributed by atoms with van der Waals surface area (Å²) >= 11 is 0. The Balaban J connectivity index is 0.000000384. The second-order valence-corrected chi connectivity index (χ2v) is 9.05. The molecule has 0 aliphatic carbocycles. The van der Waals surface area contributed by atoms with E-state index in [9.17, 15) is 18.0 Å². The van der Waals surface area contributed by atoms with Gasteiger partial charge in [-0.15, -0.1) is 0 Å². The van der Waals surface area contributed by atoms with Gasteiger partial charge >= 0.3 is 12.1 Å². The number of halogens is 3. The van der Waals surface area contributed by atoms with E-state index in [1.807, 2.05) is 71.6 Å². The van der Waals surface area contributed by atoms with Crippen LogP contribution in [0, 0.1) is 0 Å². The molecule has 1 aromatic carbocycles. The van der Waals surface area contributed by atoms with Gasteiger partial charge in [-0.05, 0) is 49.7 Å². The van der Waals surface area contributed by atoms with Crippen molar-refractivity contribution in [1.29, 1.82) is 0 Å². The predicted octanol–water partition coefficient (Wildman–Crippen LogP) is 3.52. The van der Waals surface area contributed by atoms with Crippen LogP contribution in [-0.2, 0) is 16.8 Å². The highest BCUT2D eigenvalue weighted by Gasteiger charge is 2.46. The number of aromatic nitrogens is 3. The fourth-order valence-electron chi connectivity index (χ4n) is 4.73. The number of carbonyl (C=O) groups excluding carboxylic acids is 1. The maximum Gasteiger partial charge on any atom is 0.490 e. The molecule has 0 unspecified atom stereocenters. The van der Waals surface area contributed by atoms with Gasteiger partial charge in [-0.1, -0.05) is 24.3 Å². The number of likely N-dealkylation sites (N-methyl/N-ethyl adjacent to an activating group) is 1. The Hall–Kier alpha value is -3.73. The van der Waals surface area contributed by atoms with Gasteiger partial charge in [0.25, 0.3) is 5.91 Å². The molecule has 4 heterocycles.